The number of anilines is 1. The van der Waals surface area contributed by atoms with Crippen molar-refractivity contribution in [2.75, 3.05) is 18.0 Å². The van der Waals surface area contributed by atoms with E-state index in [1.807, 2.05) is 12.4 Å². The Balaban J connectivity index is 2.02. The van der Waals surface area contributed by atoms with Gasteiger partial charge in [0.2, 0.25) is 0 Å². The molecule has 3 heteroatoms. The van der Waals surface area contributed by atoms with Crippen LogP contribution in [0.3, 0.4) is 0 Å². The first kappa shape index (κ1) is 12.4. The van der Waals surface area contributed by atoms with E-state index in [0.29, 0.717) is 12.1 Å². The predicted molar refractivity (Wildman–Crippen MR) is 80.6 cm³/mol. The molecule has 19 heavy (non-hydrogen) atoms. The maximum absolute atomic E-state index is 4.22. The summed E-state index contributed by atoms with van der Waals surface area (Å²) in [7, 11) is 0. The van der Waals surface area contributed by atoms with Crippen LogP contribution in [-0.2, 0) is 0 Å². The van der Waals surface area contributed by atoms with Crippen LogP contribution in [0, 0.1) is 0 Å². The van der Waals surface area contributed by atoms with Gasteiger partial charge in [-0.05, 0) is 25.5 Å². The maximum atomic E-state index is 4.22. The van der Waals surface area contributed by atoms with E-state index in [4.69, 9.17) is 0 Å². The van der Waals surface area contributed by atoms with Crippen molar-refractivity contribution in [2.45, 2.75) is 32.4 Å². The fourth-order valence-corrected chi connectivity index (χ4v) is 2.89. The van der Waals surface area contributed by atoms with E-state index in [-0.39, 0.29) is 0 Å². The third kappa shape index (κ3) is 2.30. The topological polar surface area (TPSA) is 28.2 Å². The van der Waals surface area contributed by atoms with Gasteiger partial charge < -0.3 is 10.2 Å². The Morgan fingerprint density at radius 1 is 1.37 bits per heavy atom. The molecule has 0 saturated carbocycles. The molecule has 0 amide bonds. The van der Waals surface area contributed by atoms with E-state index in [0.717, 1.165) is 13.1 Å². The molecule has 2 aromatic rings. The second kappa shape index (κ2) is 5.17. The van der Waals surface area contributed by atoms with Crippen molar-refractivity contribution in [1.29, 1.82) is 0 Å². The van der Waals surface area contributed by atoms with Crippen molar-refractivity contribution < 1.29 is 0 Å². The molecule has 0 radical (unpaired) electrons. The van der Waals surface area contributed by atoms with Crippen molar-refractivity contribution in [1.82, 2.24) is 10.3 Å². The van der Waals surface area contributed by atoms with Gasteiger partial charge in [-0.15, -0.1) is 0 Å². The van der Waals surface area contributed by atoms with Crippen LogP contribution in [0.4, 0.5) is 5.69 Å². The van der Waals surface area contributed by atoms with Crippen LogP contribution in [0.25, 0.3) is 10.8 Å². The molecule has 1 N–H and O–H groups in total. The van der Waals surface area contributed by atoms with Gasteiger partial charge in [-0.2, -0.15) is 0 Å². The highest BCUT2D eigenvalue weighted by Gasteiger charge is 2.24. The van der Waals surface area contributed by atoms with Gasteiger partial charge in [0.1, 0.15) is 0 Å². The van der Waals surface area contributed by atoms with Crippen LogP contribution in [-0.4, -0.2) is 30.2 Å². The zero-order valence-electron chi connectivity index (χ0n) is 11.6. The number of hydrogen-bond acceptors (Lipinski definition) is 3. The predicted octanol–water partition coefficient (Wildman–Crippen LogP) is 2.81. The first-order chi connectivity index (χ1) is 9.29. The van der Waals surface area contributed by atoms with Gasteiger partial charge in [0, 0.05) is 54.0 Å². The van der Waals surface area contributed by atoms with Crippen molar-refractivity contribution >= 4 is 16.5 Å². The molecule has 100 valence electrons. The van der Waals surface area contributed by atoms with E-state index >= 15 is 0 Å². The summed E-state index contributed by atoms with van der Waals surface area (Å²) >= 11 is 0. The first-order valence-electron chi connectivity index (χ1n) is 7.12. The average Bonchev–Trinajstić information content (AvgIpc) is 2.47. The third-order valence-electron chi connectivity index (χ3n) is 4.11. The van der Waals surface area contributed by atoms with Crippen molar-refractivity contribution in [3.05, 3.63) is 36.7 Å². The minimum absolute atomic E-state index is 0.529. The summed E-state index contributed by atoms with van der Waals surface area (Å²) in [6.07, 6.45) is 5.01. The van der Waals surface area contributed by atoms with Gasteiger partial charge in [0.25, 0.3) is 0 Å². The Morgan fingerprint density at radius 3 is 3.11 bits per heavy atom. The van der Waals surface area contributed by atoms with Gasteiger partial charge >= 0.3 is 0 Å². The lowest BCUT2D eigenvalue weighted by Crippen LogP contribution is -2.55. The van der Waals surface area contributed by atoms with E-state index in [1.54, 1.807) is 0 Å². The lowest BCUT2D eigenvalue weighted by Gasteiger charge is -2.40. The molecule has 3 nitrogen and oxygen atoms in total. The van der Waals surface area contributed by atoms with Crippen molar-refractivity contribution in [3.63, 3.8) is 0 Å². The molecule has 3 rings (SSSR count). The molecule has 2 atom stereocenters. The van der Waals surface area contributed by atoms with Gasteiger partial charge in [0.15, 0.2) is 0 Å². The van der Waals surface area contributed by atoms with Gasteiger partial charge in [-0.3, -0.25) is 4.98 Å². The lowest BCUT2D eigenvalue weighted by atomic mass is 10.0. The highest BCUT2D eigenvalue weighted by molar-refractivity contribution is 5.93. The Hall–Kier alpha value is -1.61. The van der Waals surface area contributed by atoms with Crippen LogP contribution in [0.5, 0.6) is 0 Å². The fraction of sp³-hybridized carbons (Fsp3) is 0.438. The molecule has 0 aliphatic carbocycles. The number of rotatable bonds is 2. The Labute approximate surface area is 114 Å². The number of hydrogen-bond donors (Lipinski definition) is 1. The molecule has 1 aliphatic rings. The molecule has 0 spiro atoms. The molecule has 2 unspecified atom stereocenters. The molecular formula is C16H21N3. The van der Waals surface area contributed by atoms with Crippen LogP contribution in [0.2, 0.25) is 0 Å². The maximum Gasteiger partial charge on any atom is 0.0450 e. The summed E-state index contributed by atoms with van der Waals surface area (Å²) in [6.45, 7) is 6.68. The smallest absolute Gasteiger partial charge is 0.0450 e. The Morgan fingerprint density at radius 2 is 2.26 bits per heavy atom. The summed E-state index contributed by atoms with van der Waals surface area (Å²) in [4.78, 5) is 6.75. The van der Waals surface area contributed by atoms with Crippen molar-refractivity contribution in [2.24, 2.45) is 0 Å². The van der Waals surface area contributed by atoms with Crippen LogP contribution >= 0.6 is 0 Å². The van der Waals surface area contributed by atoms with Gasteiger partial charge in [0.05, 0.1) is 0 Å². The van der Waals surface area contributed by atoms with Gasteiger partial charge in [-0.25, -0.2) is 0 Å². The number of aromatic nitrogens is 1. The summed E-state index contributed by atoms with van der Waals surface area (Å²) in [5.74, 6) is 0. The first-order valence-corrected chi connectivity index (χ1v) is 7.12. The number of benzene rings is 1. The van der Waals surface area contributed by atoms with Crippen molar-refractivity contribution in [3.8, 4) is 0 Å². The van der Waals surface area contributed by atoms with E-state index in [9.17, 15) is 0 Å². The standard InChI is InChI=1S/C16H21N3/c1-3-14-11-19(12(2)9-18-14)16-6-4-5-13-10-17-8-7-15(13)16/h4-8,10,12,14,18H,3,9,11H2,1-2H3. The molecule has 1 aromatic heterocycles. The molecule has 2 heterocycles. The van der Waals surface area contributed by atoms with Crippen LogP contribution in [0.1, 0.15) is 20.3 Å². The summed E-state index contributed by atoms with van der Waals surface area (Å²) in [5.41, 5.74) is 1.34. The SMILES string of the molecule is CCC1CN(c2cccc3cnccc23)C(C)CN1. The fourth-order valence-electron chi connectivity index (χ4n) is 2.89. The molecule has 1 fully saturated rings. The zero-order chi connectivity index (χ0) is 13.2. The van der Waals surface area contributed by atoms with E-state index < -0.39 is 0 Å². The second-order valence-electron chi connectivity index (χ2n) is 5.39. The zero-order valence-corrected chi connectivity index (χ0v) is 11.6. The van der Waals surface area contributed by atoms with Crippen LogP contribution < -0.4 is 10.2 Å². The normalized spacial score (nSPS) is 23.8. The molecule has 1 aromatic carbocycles. The second-order valence-corrected chi connectivity index (χ2v) is 5.39. The summed E-state index contributed by atoms with van der Waals surface area (Å²) in [6, 6.07) is 9.75. The highest BCUT2D eigenvalue weighted by Crippen LogP contribution is 2.28. The minimum Gasteiger partial charge on any atom is -0.365 e. The number of nitrogens with one attached hydrogen (secondary N) is 1. The monoisotopic (exact) mass is 255 g/mol. The highest BCUT2D eigenvalue weighted by atomic mass is 15.2. The quantitative estimate of drug-likeness (QED) is 0.894. The number of fused-ring (bicyclic) bond motifs is 1. The van der Waals surface area contributed by atoms with Gasteiger partial charge in [-0.1, -0.05) is 19.1 Å². The van der Waals surface area contributed by atoms with Crippen LogP contribution in [0.15, 0.2) is 36.7 Å². The summed E-state index contributed by atoms with van der Waals surface area (Å²) in [5, 5.41) is 6.14. The summed E-state index contributed by atoms with van der Waals surface area (Å²) < 4.78 is 0. The average molecular weight is 255 g/mol. The molecule has 1 aliphatic heterocycles. The number of piperazine rings is 1. The lowest BCUT2D eigenvalue weighted by molar-refractivity contribution is 0.398. The Bertz CT molecular complexity index is 561. The molecular weight excluding hydrogens is 234 g/mol. The number of pyridine rings is 1. The van der Waals surface area contributed by atoms with E-state index in [2.05, 4.69) is 53.3 Å². The van der Waals surface area contributed by atoms with E-state index in [1.165, 1.54) is 22.9 Å². The minimum atomic E-state index is 0.529. The molecule has 0 bridgehead atoms. The largest absolute Gasteiger partial charge is 0.365 e. The number of nitrogens with zero attached hydrogens (tertiary/aromatic N) is 2. The Kier molecular flexibility index (Phi) is 3.38. The third-order valence-corrected chi connectivity index (χ3v) is 4.11. The molecule has 1 saturated heterocycles.